The monoisotopic (exact) mass is 375 g/mol. The van der Waals surface area contributed by atoms with Crippen molar-refractivity contribution in [3.8, 4) is 0 Å². The Balaban J connectivity index is 3.19. The van der Waals surface area contributed by atoms with Crippen LogP contribution in [0.2, 0.25) is 0 Å². The van der Waals surface area contributed by atoms with Crippen LogP contribution in [0.1, 0.15) is 17.3 Å². The Hall–Kier alpha value is -1.67. The van der Waals surface area contributed by atoms with E-state index in [9.17, 15) is 18.0 Å². The molecule has 8 heteroatoms. The summed E-state index contributed by atoms with van der Waals surface area (Å²) >= 11 is 3.03. The molecule has 2 N–H and O–H groups in total. The maximum atomic E-state index is 12.3. The molecule has 0 saturated carbocycles. The number of nitrogens with one attached hydrogen (secondary N) is 1. The molecule has 0 fully saturated rings. The maximum absolute atomic E-state index is 12.3. The van der Waals surface area contributed by atoms with Gasteiger partial charge in [0.1, 0.15) is 5.25 Å². The highest BCUT2D eigenvalue weighted by Gasteiger charge is 2.30. The summed E-state index contributed by atoms with van der Waals surface area (Å²) in [7, 11) is -3.97. The third-order valence-electron chi connectivity index (χ3n) is 2.75. The molecule has 0 aromatic heterocycles. The molecule has 6 nitrogen and oxygen atoms in total. The molecule has 1 amide bonds. The maximum Gasteiger partial charge on any atom is 0.336 e. The lowest BCUT2D eigenvalue weighted by Gasteiger charge is -2.13. The van der Waals surface area contributed by atoms with Gasteiger partial charge in [0, 0.05) is 11.0 Å². The largest absolute Gasteiger partial charge is 0.478 e. The van der Waals surface area contributed by atoms with Gasteiger partial charge in [-0.3, -0.25) is 4.79 Å². The minimum Gasteiger partial charge on any atom is -0.478 e. The summed E-state index contributed by atoms with van der Waals surface area (Å²) in [5, 5.41) is 10.1. The molecular weight excluding hydrogens is 362 g/mol. The molecule has 0 saturated heterocycles. The number of sulfone groups is 1. The van der Waals surface area contributed by atoms with Gasteiger partial charge in [0.25, 0.3) is 0 Å². The second-order valence-electron chi connectivity index (χ2n) is 4.17. The fourth-order valence-electron chi connectivity index (χ4n) is 1.51. The first kappa shape index (κ1) is 17.4. The Kier molecular flexibility index (Phi) is 5.68. The van der Waals surface area contributed by atoms with E-state index in [1.54, 1.807) is 0 Å². The normalized spacial score (nSPS) is 12.5. The van der Waals surface area contributed by atoms with Crippen LogP contribution < -0.4 is 5.32 Å². The van der Waals surface area contributed by atoms with Crippen molar-refractivity contribution < 1.29 is 23.1 Å². The zero-order valence-electron chi connectivity index (χ0n) is 11.2. The minimum absolute atomic E-state index is 0.152. The Morgan fingerprint density at radius 3 is 2.62 bits per heavy atom. The van der Waals surface area contributed by atoms with E-state index in [4.69, 9.17) is 5.11 Å². The van der Waals surface area contributed by atoms with Gasteiger partial charge in [0.15, 0.2) is 9.84 Å². The SMILES string of the molecule is C=CCNC(=O)C(C)S(=O)(=O)c1ccc(Br)c(C(=O)O)c1. The predicted molar refractivity (Wildman–Crippen MR) is 81.0 cm³/mol. The summed E-state index contributed by atoms with van der Waals surface area (Å²) in [4.78, 5) is 22.6. The summed E-state index contributed by atoms with van der Waals surface area (Å²) in [5.74, 6) is -1.93. The van der Waals surface area contributed by atoms with E-state index in [1.165, 1.54) is 25.1 Å². The number of aromatic carboxylic acids is 1. The number of hydrogen-bond acceptors (Lipinski definition) is 4. The van der Waals surface area contributed by atoms with Gasteiger partial charge in [-0.15, -0.1) is 6.58 Å². The molecule has 0 bridgehead atoms. The lowest BCUT2D eigenvalue weighted by Crippen LogP contribution is -2.38. The molecule has 0 aliphatic heterocycles. The lowest BCUT2D eigenvalue weighted by atomic mass is 10.2. The summed E-state index contributed by atoms with van der Waals surface area (Å²) < 4.78 is 24.9. The van der Waals surface area contributed by atoms with Gasteiger partial charge in [-0.2, -0.15) is 0 Å². The van der Waals surface area contributed by atoms with E-state index >= 15 is 0 Å². The fraction of sp³-hybridized carbons (Fsp3) is 0.231. The van der Waals surface area contributed by atoms with Gasteiger partial charge in [0.2, 0.25) is 5.91 Å². The van der Waals surface area contributed by atoms with Crippen molar-refractivity contribution in [3.05, 3.63) is 40.9 Å². The summed E-state index contributed by atoms with van der Waals surface area (Å²) in [6.45, 7) is 4.82. The van der Waals surface area contributed by atoms with Crippen molar-refractivity contribution in [1.82, 2.24) is 5.32 Å². The second-order valence-corrected chi connectivity index (χ2v) is 7.29. The number of carboxylic acid groups (broad SMARTS) is 1. The molecule has 1 aromatic rings. The molecule has 0 aliphatic rings. The van der Waals surface area contributed by atoms with Crippen LogP contribution >= 0.6 is 15.9 Å². The number of benzene rings is 1. The topological polar surface area (TPSA) is 101 Å². The van der Waals surface area contributed by atoms with Crippen LogP contribution in [-0.2, 0) is 14.6 Å². The van der Waals surface area contributed by atoms with E-state index in [-0.39, 0.29) is 21.5 Å². The van der Waals surface area contributed by atoms with Crippen LogP contribution in [0.4, 0.5) is 0 Å². The van der Waals surface area contributed by atoms with Gasteiger partial charge >= 0.3 is 5.97 Å². The van der Waals surface area contributed by atoms with Crippen LogP contribution in [0.15, 0.2) is 40.2 Å². The van der Waals surface area contributed by atoms with Crippen LogP contribution in [0.5, 0.6) is 0 Å². The molecule has 1 atom stereocenters. The molecule has 1 rings (SSSR count). The van der Waals surface area contributed by atoms with Crippen molar-refractivity contribution in [2.24, 2.45) is 0 Å². The van der Waals surface area contributed by atoms with E-state index in [0.717, 1.165) is 6.07 Å². The van der Waals surface area contributed by atoms with Gasteiger partial charge in [-0.25, -0.2) is 13.2 Å². The minimum atomic E-state index is -3.97. The van der Waals surface area contributed by atoms with E-state index in [1.807, 2.05) is 0 Å². The number of carbonyl (C=O) groups is 2. The van der Waals surface area contributed by atoms with E-state index in [0.29, 0.717) is 0 Å². The van der Waals surface area contributed by atoms with E-state index in [2.05, 4.69) is 27.8 Å². The quantitative estimate of drug-likeness (QED) is 0.735. The van der Waals surface area contributed by atoms with Crippen molar-refractivity contribution in [1.29, 1.82) is 0 Å². The third-order valence-corrected chi connectivity index (χ3v) is 5.50. The van der Waals surface area contributed by atoms with Gasteiger partial charge in [-0.1, -0.05) is 6.08 Å². The third kappa shape index (κ3) is 3.92. The van der Waals surface area contributed by atoms with Crippen LogP contribution in [0.25, 0.3) is 0 Å². The van der Waals surface area contributed by atoms with E-state index < -0.39 is 27.0 Å². The average Bonchev–Trinajstić information content (AvgIpc) is 2.43. The lowest BCUT2D eigenvalue weighted by molar-refractivity contribution is -0.120. The molecule has 0 radical (unpaired) electrons. The Bertz CT molecular complexity index is 684. The van der Waals surface area contributed by atoms with Crippen LogP contribution in [0.3, 0.4) is 0 Å². The predicted octanol–water partition coefficient (Wildman–Crippen LogP) is 1.61. The van der Waals surface area contributed by atoms with Crippen molar-refractivity contribution in [3.63, 3.8) is 0 Å². The number of carbonyl (C=O) groups excluding carboxylic acids is 1. The average molecular weight is 376 g/mol. The Morgan fingerprint density at radius 2 is 2.10 bits per heavy atom. The van der Waals surface area contributed by atoms with Gasteiger partial charge in [-0.05, 0) is 41.1 Å². The van der Waals surface area contributed by atoms with Gasteiger partial charge < -0.3 is 10.4 Å². The molecule has 114 valence electrons. The number of rotatable bonds is 6. The van der Waals surface area contributed by atoms with Crippen molar-refractivity contribution in [2.75, 3.05) is 6.54 Å². The fourth-order valence-corrected chi connectivity index (χ4v) is 3.24. The van der Waals surface area contributed by atoms with Crippen molar-refractivity contribution in [2.45, 2.75) is 17.1 Å². The Labute approximate surface area is 130 Å². The highest BCUT2D eigenvalue weighted by molar-refractivity contribution is 9.10. The highest BCUT2D eigenvalue weighted by atomic mass is 79.9. The smallest absolute Gasteiger partial charge is 0.336 e. The summed E-state index contributed by atoms with van der Waals surface area (Å²) in [5.41, 5.74) is -0.185. The molecule has 1 unspecified atom stereocenters. The molecule has 1 aromatic carbocycles. The molecule has 21 heavy (non-hydrogen) atoms. The molecular formula is C13H14BrNO5S. The van der Waals surface area contributed by atoms with Crippen molar-refractivity contribution >= 4 is 37.6 Å². The number of halogens is 1. The number of carboxylic acids is 1. The molecule has 0 heterocycles. The van der Waals surface area contributed by atoms with Crippen LogP contribution in [-0.4, -0.2) is 37.2 Å². The summed E-state index contributed by atoms with van der Waals surface area (Å²) in [6.07, 6.45) is 1.43. The zero-order valence-corrected chi connectivity index (χ0v) is 13.6. The number of amides is 1. The summed E-state index contributed by atoms with van der Waals surface area (Å²) in [6, 6.07) is 3.60. The first-order chi connectivity index (χ1) is 9.71. The zero-order chi connectivity index (χ0) is 16.2. The van der Waals surface area contributed by atoms with Crippen LogP contribution in [0, 0.1) is 0 Å². The molecule has 0 spiro atoms. The highest BCUT2D eigenvalue weighted by Crippen LogP contribution is 2.23. The standard InChI is InChI=1S/C13H14BrNO5S/c1-3-6-15-12(16)8(2)21(19,20)9-4-5-11(14)10(7-9)13(17)18/h3-5,7-8H,1,6H2,2H3,(H,15,16)(H,17,18). The Morgan fingerprint density at radius 1 is 1.48 bits per heavy atom. The first-order valence-corrected chi connectivity index (χ1v) is 8.21. The van der Waals surface area contributed by atoms with Gasteiger partial charge in [0.05, 0.1) is 10.5 Å². The first-order valence-electron chi connectivity index (χ1n) is 5.87. The second kappa shape index (κ2) is 6.86. The number of hydrogen-bond donors (Lipinski definition) is 2. The molecule has 0 aliphatic carbocycles.